The van der Waals surface area contributed by atoms with Crippen molar-refractivity contribution in [3.8, 4) is 0 Å². The Morgan fingerprint density at radius 2 is 2.38 bits per heavy atom. The van der Waals surface area contributed by atoms with Gasteiger partial charge >= 0.3 is 0 Å². The zero-order valence-electron chi connectivity index (χ0n) is 8.29. The van der Waals surface area contributed by atoms with E-state index in [1.165, 1.54) is 17.9 Å². The number of nitrogens with zero attached hydrogens (tertiary/aromatic N) is 2. The van der Waals surface area contributed by atoms with Crippen LogP contribution in [0.4, 0.5) is 0 Å². The van der Waals surface area contributed by atoms with Crippen LogP contribution in [0.15, 0.2) is 4.99 Å². The third-order valence-corrected chi connectivity index (χ3v) is 4.13. The molecule has 0 aromatic carbocycles. The standard InChI is InChI=1S/C9H17N3S/c1-7(2)12-8(10)11-5-9(12)3-4-13-6-9/h7H,3-6H2,1-2H3,(H2,10,11). The fraction of sp³-hybridized carbons (Fsp3) is 0.889. The summed E-state index contributed by atoms with van der Waals surface area (Å²) >= 11 is 2.02. The lowest BCUT2D eigenvalue weighted by molar-refractivity contribution is 0.191. The summed E-state index contributed by atoms with van der Waals surface area (Å²) in [6.45, 7) is 5.29. The molecule has 0 aromatic rings. The van der Waals surface area contributed by atoms with Crippen LogP contribution in [-0.4, -0.2) is 40.5 Å². The molecule has 0 aliphatic carbocycles. The maximum absolute atomic E-state index is 5.90. The Hall–Kier alpha value is -0.380. The Kier molecular flexibility index (Phi) is 2.18. The van der Waals surface area contributed by atoms with E-state index < -0.39 is 0 Å². The molecule has 2 aliphatic heterocycles. The van der Waals surface area contributed by atoms with Crippen molar-refractivity contribution >= 4 is 17.7 Å². The zero-order valence-corrected chi connectivity index (χ0v) is 9.10. The fourth-order valence-corrected chi connectivity index (χ4v) is 3.77. The highest BCUT2D eigenvalue weighted by molar-refractivity contribution is 7.99. The van der Waals surface area contributed by atoms with E-state index in [2.05, 4.69) is 23.7 Å². The van der Waals surface area contributed by atoms with Crippen molar-refractivity contribution in [2.45, 2.75) is 31.8 Å². The number of hydrogen-bond acceptors (Lipinski definition) is 4. The van der Waals surface area contributed by atoms with Crippen LogP contribution in [0.1, 0.15) is 20.3 Å². The number of guanidine groups is 1. The Bertz CT molecular complexity index is 231. The second-order valence-corrected chi connectivity index (χ2v) is 5.27. The summed E-state index contributed by atoms with van der Waals surface area (Å²) in [5.74, 6) is 3.19. The topological polar surface area (TPSA) is 41.6 Å². The Labute approximate surface area is 83.8 Å². The monoisotopic (exact) mass is 199 g/mol. The molecule has 3 nitrogen and oxygen atoms in total. The van der Waals surface area contributed by atoms with E-state index in [0.29, 0.717) is 6.04 Å². The minimum absolute atomic E-state index is 0.267. The van der Waals surface area contributed by atoms with Crippen molar-refractivity contribution in [3.63, 3.8) is 0 Å². The molecule has 0 amide bonds. The minimum Gasteiger partial charge on any atom is -0.370 e. The van der Waals surface area contributed by atoms with E-state index in [1.54, 1.807) is 0 Å². The van der Waals surface area contributed by atoms with Gasteiger partial charge in [0.15, 0.2) is 5.96 Å². The van der Waals surface area contributed by atoms with Gasteiger partial charge in [-0.25, -0.2) is 0 Å². The summed E-state index contributed by atoms with van der Waals surface area (Å²) in [7, 11) is 0. The minimum atomic E-state index is 0.267. The first kappa shape index (κ1) is 9.19. The predicted molar refractivity (Wildman–Crippen MR) is 58.1 cm³/mol. The van der Waals surface area contributed by atoms with Gasteiger partial charge in [0, 0.05) is 11.8 Å². The molecule has 1 saturated heterocycles. The fourth-order valence-electron chi connectivity index (χ4n) is 2.35. The Balaban J connectivity index is 2.22. The van der Waals surface area contributed by atoms with Crippen molar-refractivity contribution in [2.24, 2.45) is 10.7 Å². The van der Waals surface area contributed by atoms with Crippen molar-refractivity contribution in [1.82, 2.24) is 4.90 Å². The van der Waals surface area contributed by atoms with Crippen LogP contribution in [-0.2, 0) is 0 Å². The third-order valence-electron chi connectivity index (χ3n) is 2.89. The molecule has 1 unspecified atom stereocenters. The summed E-state index contributed by atoms with van der Waals surface area (Å²) in [5.41, 5.74) is 6.17. The summed E-state index contributed by atoms with van der Waals surface area (Å²) in [6, 6.07) is 0.477. The van der Waals surface area contributed by atoms with Gasteiger partial charge in [0.2, 0.25) is 0 Å². The van der Waals surface area contributed by atoms with Crippen LogP contribution in [0.25, 0.3) is 0 Å². The molecule has 0 bridgehead atoms. The largest absolute Gasteiger partial charge is 0.370 e. The molecule has 1 spiro atoms. The van der Waals surface area contributed by atoms with Gasteiger partial charge in [-0.2, -0.15) is 11.8 Å². The molecule has 0 radical (unpaired) electrons. The summed E-state index contributed by atoms with van der Waals surface area (Å²) < 4.78 is 0. The molecule has 0 saturated carbocycles. The molecule has 74 valence electrons. The van der Waals surface area contributed by atoms with E-state index in [4.69, 9.17) is 5.73 Å². The van der Waals surface area contributed by atoms with E-state index in [-0.39, 0.29) is 5.54 Å². The summed E-state index contributed by atoms with van der Waals surface area (Å²) in [6.07, 6.45) is 1.24. The molecule has 4 heteroatoms. The van der Waals surface area contributed by atoms with Crippen molar-refractivity contribution in [1.29, 1.82) is 0 Å². The van der Waals surface area contributed by atoms with Gasteiger partial charge in [-0.3, -0.25) is 4.99 Å². The SMILES string of the molecule is CC(C)N1C(N)=NCC12CCSC2. The first-order valence-electron chi connectivity index (χ1n) is 4.83. The van der Waals surface area contributed by atoms with Crippen LogP contribution < -0.4 is 5.73 Å². The summed E-state index contributed by atoms with van der Waals surface area (Å²) in [4.78, 5) is 6.69. The lowest BCUT2D eigenvalue weighted by Crippen LogP contribution is -2.54. The molecule has 1 atom stereocenters. The Morgan fingerprint density at radius 1 is 1.62 bits per heavy atom. The quantitative estimate of drug-likeness (QED) is 0.682. The van der Waals surface area contributed by atoms with Crippen molar-refractivity contribution < 1.29 is 0 Å². The van der Waals surface area contributed by atoms with Gasteiger partial charge in [0.05, 0.1) is 12.1 Å². The Morgan fingerprint density at radius 3 is 2.92 bits per heavy atom. The van der Waals surface area contributed by atoms with E-state index in [9.17, 15) is 0 Å². The predicted octanol–water partition coefficient (Wildman–Crippen LogP) is 0.901. The molecule has 2 heterocycles. The first-order valence-corrected chi connectivity index (χ1v) is 5.98. The van der Waals surface area contributed by atoms with Crippen LogP contribution in [0.3, 0.4) is 0 Å². The molecular weight excluding hydrogens is 182 g/mol. The molecule has 0 aromatic heterocycles. The lowest BCUT2D eigenvalue weighted by atomic mass is 9.97. The molecule has 2 aliphatic rings. The molecule has 2 rings (SSSR count). The number of nitrogens with two attached hydrogens (primary N) is 1. The number of hydrogen-bond donors (Lipinski definition) is 1. The van der Waals surface area contributed by atoms with Gasteiger partial charge in [-0.15, -0.1) is 0 Å². The normalized spacial score (nSPS) is 33.5. The molecule has 2 N–H and O–H groups in total. The van der Waals surface area contributed by atoms with Gasteiger partial charge < -0.3 is 10.6 Å². The molecule has 13 heavy (non-hydrogen) atoms. The van der Waals surface area contributed by atoms with E-state index in [1.807, 2.05) is 11.8 Å². The second-order valence-electron chi connectivity index (χ2n) is 4.17. The van der Waals surface area contributed by atoms with Crippen LogP contribution in [0.5, 0.6) is 0 Å². The van der Waals surface area contributed by atoms with Gasteiger partial charge in [-0.05, 0) is 26.0 Å². The smallest absolute Gasteiger partial charge is 0.192 e. The maximum atomic E-state index is 5.90. The second kappa shape index (κ2) is 3.08. The van der Waals surface area contributed by atoms with Crippen LogP contribution >= 0.6 is 11.8 Å². The van der Waals surface area contributed by atoms with Crippen molar-refractivity contribution in [3.05, 3.63) is 0 Å². The maximum Gasteiger partial charge on any atom is 0.192 e. The van der Waals surface area contributed by atoms with Gasteiger partial charge in [0.25, 0.3) is 0 Å². The highest BCUT2D eigenvalue weighted by Crippen LogP contribution is 2.37. The van der Waals surface area contributed by atoms with Gasteiger partial charge in [-0.1, -0.05) is 0 Å². The third kappa shape index (κ3) is 1.31. The van der Waals surface area contributed by atoms with Gasteiger partial charge in [0.1, 0.15) is 0 Å². The highest BCUT2D eigenvalue weighted by atomic mass is 32.2. The molecule has 1 fully saturated rings. The number of thioether (sulfide) groups is 1. The zero-order chi connectivity index (χ0) is 9.47. The van der Waals surface area contributed by atoms with E-state index >= 15 is 0 Å². The van der Waals surface area contributed by atoms with Crippen LogP contribution in [0.2, 0.25) is 0 Å². The van der Waals surface area contributed by atoms with E-state index in [0.717, 1.165) is 12.5 Å². The average Bonchev–Trinajstić information content (AvgIpc) is 2.61. The summed E-state index contributed by atoms with van der Waals surface area (Å²) in [5, 5.41) is 0. The number of aliphatic imine (C=N–C) groups is 1. The highest BCUT2D eigenvalue weighted by Gasteiger charge is 2.45. The lowest BCUT2D eigenvalue weighted by Gasteiger charge is -2.38. The number of rotatable bonds is 1. The molecular formula is C9H17N3S. The first-order chi connectivity index (χ1) is 6.16. The van der Waals surface area contributed by atoms with Crippen LogP contribution in [0, 0.1) is 0 Å². The van der Waals surface area contributed by atoms with Crippen molar-refractivity contribution in [2.75, 3.05) is 18.1 Å². The average molecular weight is 199 g/mol.